The monoisotopic (exact) mass is 273 g/mol. The van der Waals surface area contributed by atoms with Crippen molar-refractivity contribution >= 4 is 5.91 Å². The van der Waals surface area contributed by atoms with Crippen molar-refractivity contribution in [1.82, 2.24) is 5.32 Å². The molecule has 2 rings (SSSR count). The number of amides is 1. The lowest BCUT2D eigenvalue weighted by atomic mass is 10.0. The number of furan rings is 1. The molecule has 0 saturated heterocycles. The lowest BCUT2D eigenvalue weighted by Crippen LogP contribution is -2.38. The topological polar surface area (TPSA) is 62.5 Å². The summed E-state index contributed by atoms with van der Waals surface area (Å²) in [6.07, 6.45) is 2.59. The molecule has 4 heteroatoms. The van der Waals surface area contributed by atoms with Crippen LogP contribution in [0.4, 0.5) is 0 Å². The summed E-state index contributed by atoms with van der Waals surface area (Å²) in [4.78, 5) is 11.8. The van der Waals surface area contributed by atoms with Crippen molar-refractivity contribution in [3.8, 4) is 0 Å². The van der Waals surface area contributed by atoms with E-state index in [9.17, 15) is 9.90 Å². The van der Waals surface area contributed by atoms with Crippen molar-refractivity contribution in [2.45, 2.75) is 25.4 Å². The third-order valence-corrected chi connectivity index (χ3v) is 3.17. The van der Waals surface area contributed by atoms with Crippen LogP contribution in [0, 0.1) is 0 Å². The number of hydrogen-bond donors (Lipinski definition) is 2. The fourth-order valence-electron chi connectivity index (χ4n) is 1.93. The van der Waals surface area contributed by atoms with Crippen LogP contribution in [0.15, 0.2) is 53.1 Å². The lowest BCUT2D eigenvalue weighted by molar-refractivity contribution is -0.122. The molecule has 0 bridgehead atoms. The van der Waals surface area contributed by atoms with E-state index in [1.807, 2.05) is 30.3 Å². The van der Waals surface area contributed by atoms with Gasteiger partial charge >= 0.3 is 0 Å². The fraction of sp³-hybridized carbons (Fsp3) is 0.312. The van der Waals surface area contributed by atoms with Crippen LogP contribution in [0.5, 0.6) is 0 Å². The molecule has 0 saturated carbocycles. The molecule has 0 fully saturated rings. The van der Waals surface area contributed by atoms with Crippen LogP contribution in [0.3, 0.4) is 0 Å². The summed E-state index contributed by atoms with van der Waals surface area (Å²) < 4.78 is 5.16. The standard InChI is InChI=1S/C16H19NO3/c1-16(19,14-8-5-11-20-14)12-17-15(18)10-9-13-6-3-2-4-7-13/h2-8,11,19H,9-10,12H2,1H3,(H,17,18)/t16-/m1/s1. The highest BCUT2D eigenvalue weighted by molar-refractivity contribution is 5.76. The van der Waals surface area contributed by atoms with Gasteiger partial charge in [-0.1, -0.05) is 30.3 Å². The molecular weight excluding hydrogens is 254 g/mol. The van der Waals surface area contributed by atoms with Crippen LogP contribution in [0.25, 0.3) is 0 Å². The molecule has 0 aliphatic carbocycles. The molecule has 0 aliphatic rings. The molecule has 1 aromatic carbocycles. The lowest BCUT2D eigenvalue weighted by Gasteiger charge is -2.21. The van der Waals surface area contributed by atoms with Gasteiger partial charge in [0.1, 0.15) is 11.4 Å². The summed E-state index contributed by atoms with van der Waals surface area (Å²) in [6, 6.07) is 13.2. The minimum atomic E-state index is -1.19. The van der Waals surface area contributed by atoms with E-state index in [0.29, 0.717) is 18.6 Å². The zero-order chi connectivity index (χ0) is 14.4. The number of hydrogen-bond acceptors (Lipinski definition) is 3. The molecule has 20 heavy (non-hydrogen) atoms. The van der Waals surface area contributed by atoms with Gasteiger partial charge in [0.25, 0.3) is 0 Å². The average molecular weight is 273 g/mol. The molecule has 4 nitrogen and oxygen atoms in total. The summed E-state index contributed by atoms with van der Waals surface area (Å²) in [5.41, 5.74) is -0.0632. The Morgan fingerprint density at radius 1 is 1.25 bits per heavy atom. The molecule has 0 unspecified atom stereocenters. The van der Waals surface area contributed by atoms with Crippen molar-refractivity contribution in [1.29, 1.82) is 0 Å². The first-order chi connectivity index (χ1) is 9.58. The fourth-order valence-corrected chi connectivity index (χ4v) is 1.93. The Hall–Kier alpha value is -2.07. The maximum Gasteiger partial charge on any atom is 0.220 e. The molecule has 106 valence electrons. The first-order valence-corrected chi connectivity index (χ1v) is 6.65. The van der Waals surface area contributed by atoms with Gasteiger partial charge in [-0.3, -0.25) is 4.79 Å². The molecule has 1 atom stereocenters. The van der Waals surface area contributed by atoms with Crippen LogP contribution in [0.1, 0.15) is 24.7 Å². The Labute approximate surface area is 118 Å². The highest BCUT2D eigenvalue weighted by atomic mass is 16.4. The van der Waals surface area contributed by atoms with Crippen LogP contribution < -0.4 is 5.32 Å². The molecule has 2 aromatic rings. The number of carbonyl (C=O) groups is 1. The first kappa shape index (κ1) is 14.3. The highest BCUT2D eigenvalue weighted by Crippen LogP contribution is 2.19. The number of rotatable bonds is 6. The minimum Gasteiger partial charge on any atom is -0.466 e. The molecule has 0 radical (unpaired) electrons. The number of carbonyl (C=O) groups excluding carboxylic acids is 1. The van der Waals surface area contributed by atoms with Crippen LogP contribution in [0.2, 0.25) is 0 Å². The summed E-state index contributed by atoms with van der Waals surface area (Å²) in [6.45, 7) is 1.75. The Kier molecular flexibility index (Phi) is 4.58. The number of aryl methyl sites for hydroxylation is 1. The first-order valence-electron chi connectivity index (χ1n) is 6.65. The molecule has 1 amide bonds. The Morgan fingerprint density at radius 2 is 2.00 bits per heavy atom. The molecule has 1 aromatic heterocycles. The largest absolute Gasteiger partial charge is 0.466 e. The van der Waals surface area contributed by atoms with Crippen molar-refractivity contribution in [3.63, 3.8) is 0 Å². The van der Waals surface area contributed by atoms with Gasteiger partial charge in [0.2, 0.25) is 5.91 Å². The SMILES string of the molecule is C[C@@](O)(CNC(=O)CCc1ccccc1)c1ccco1. The van der Waals surface area contributed by atoms with E-state index >= 15 is 0 Å². The van der Waals surface area contributed by atoms with Crippen molar-refractivity contribution in [2.24, 2.45) is 0 Å². The van der Waals surface area contributed by atoms with E-state index < -0.39 is 5.60 Å². The van der Waals surface area contributed by atoms with Gasteiger partial charge in [0.15, 0.2) is 0 Å². The van der Waals surface area contributed by atoms with Crippen LogP contribution in [-0.2, 0) is 16.8 Å². The van der Waals surface area contributed by atoms with E-state index in [2.05, 4.69) is 5.32 Å². The van der Waals surface area contributed by atoms with Crippen LogP contribution in [-0.4, -0.2) is 17.6 Å². The Balaban J connectivity index is 1.78. The van der Waals surface area contributed by atoms with E-state index in [4.69, 9.17) is 4.42 Å². The predicted octanol–water partition coefficient (Wildman–Crippen LogP) is 2.24. The van der Waals surface area contributed by atoms with Crippen molar-refractivity contribution < 1.29 is 14.3 Å². The van der Waals surface area contributed by atoms with Crippen molar-refractivity contribution in [3.05, 3.63) is 60.1 Å². The van der Waals surface area contributed by atoms with Gasteiger partial charge in [0.05, 0.1) is 12.8 Å². The van der Waals surface area contributed by atoms with E-state index in [1.54, 1.807) is 19.1 Å². The van der Waals surface area contributed by atoms with Gasteiger partial charge in [-0.2, -0.15) is 0 Å². The summed E-state index contributed by atoms with van der Waals surface area (Å²) >= 11 is 0. The maximum atomic E-state index is 11.8. The van der Waals surface area contributed by atoms with Crippen LogP contribution >= 0.6 is 0 Å². The number of aliphatic hydroxyl groups is 1. The second-order valence-corrected chi connectivity index (χ2v) is 5.01. The minimum absolute atomic E-state index is 0.0827. The molecule has 0 aliphatic heterocycles. The Bertz CT molecular complexity index is 532. The third-order valence-electron chi connectivity index (χ3n) is 3.17. The highest BCUT2D eigenvalue weighted by Gasteiger charge is 2.26. The van der Waals surface area contributed by atoms with Gasteiger partial charge in [-0.15, -0.1) is 0 Å². The average Bonchev–Trinajstić information content (AvgIpc) is 2.99. The molecular formula is C16H19NO3. The molecule has 0 spiro atoms. The molecule has 2 N–H and O–H groups in total. The predicted molar refractivity (Wildman–Crippen MR) is 76.1 cm³/mol. The van der Waals surface area contributed by atoms with Gasteiger partial charge < -0.3 is 14.8 Å². The normalized spacial score (nSPS) is 13.7. The number of benzene rings is 1. The third kappa shape index (κ3) is 3.96. The zero-order valence-electron chi connectivity index (χ0n) is 11.5. The second-order valence-electron chi connectivity index (χ2n) is 5.01. The van der Waals surface area contributed by atoms with Crippen molar-refractivity contribution in [2.75, 3.05) is 6.54 Å². The van der Waals surface area contributed by atoms with Gasteiger partial charge in [0, 0.05) is 6.42 Å². The van der Waals surface area contributed by atoms with E-state index in [0.717, 1.165) is 5.56 Å². The second kappa shape index (κ2) is 6.39. The van der Waals surface area contributed by atoms with E-state index in [-0.39, 0.29) is 12.5 Å². The quantitative estimate of drug-likeness (QED) is 0.848. The number of nitrogens with one attached hydrogen (secondary N) is 1. The van der Waals surface area contributed by atoms with Gasteiger partial charge in [-0.05, 0) is 31.0 Å². The Morgan fingerprint density at radius 3 is 2.65 bits per heavy atom. The zero-order valence-corrected chi connectivity index (χ0v) is 11.5. The van der Waals surface area contributed by atoms with E-state index in [1.165, 1.54) is 6.26 Å². The summed E-state index contributed by atoms with van der Waals surface area (Å²) in [7, 11) is 0. The summed E-state index contributed by atoms with van der Waals surface area (Å²) in [5, 5.41) is 12.9. The smallest absolute Gasteiger partial charge is 0.220 e. The maximum absolute atomic E-state index is 11.8. The molecule has 1 heterocycles. The van der Waals surface area contributed by atoms with Gasteiger partial charge in [-0.25, -0.2) is 0 Å². The summed E-state index contributed by atoms with van der Waals surface area (Å²) in [5.74, 6) is 0.363.